The van der Waals surface area contributed by atoms with E-state index in [1.165, 1.54) is 177 Å². The summed E-state index contributed by atoms with van der Waals surface area (Å²) >= 11 is 0. The minimum atomic E-state index is 0.788. The maximum Gasteiger partial charge on any atom is -0.0114 e. The molecule has 6 aromatic carbocycles. The lowest BCUT2D eigenvalue weighted by Gasteiger charge is -2.45. The van der Waals surface area contributed by atoms with Gasteiger partial charge < -0.3 is 0 Å². The third kappa shape index (κ3) is 19.8. The van der Waals surface area contributed by atoms with E-state index in [0.717, 1.165) is 130 Å². The molecule has 6 aromatic rings. The highest BCUT2D eigenvalue weighted by atomic mass is 14.5. The SMILES string of the molecule is CC1=C(C)C(C)C(C)C(C)C1C.CC1C(C)C(C)C(C)C(C)C1C.CC1C(C)C(C)C(C)C(C)C1C.CC1C(C)C(C)C(C)C(C)C1C.Cc1c(C)c(C)c(C)c(C)c1C.Cc1c(C)c(C)c(C)c(C)c1C.Cc1c(C)c(C)c2c(C)c(C)c(C)c(C)c2c1C.Cc1c(C)c(C)c2c(C)c(C)c(C)c(C)c2c1C. The molecule has 0 heteroatoms. The van der Waals surface area contributed by atoms with Crippen molar-refractivity contribution in [2.75, 3.05) is 0 Å². The Morgan fingerprint density at radius 2 is 0.157 bits per heavy atom. The quantitative estimate of drug-likeness (QED) is 0.133. The molecule has 3 saturated carbocycles. The van der Waals surface area contributed by atoms with Crippen molar-refractivity contribution in [1.29, 1.82) is 0 Å². The van der Waals surface area contributed by atoms with Crippen LogP contribution >= 0.6 is 0 Å². The number of benzene rings is 6. The summed E-state index contributed by atoms with van der Waals surface area (Å²) in [6, 6.07) is 0. The second-order valence-corrected chi connectivity index (χ2v) is 39.1. The highest BCUT2D eigenvalue weighted by Gasteiger charge is 2.41. The monoisotopic (exact) mass is 1480 g/mol. The highest BCUT2D eigenvalue weighted by Crippen LogP contribution is 2.49. The van der Waals surface area contributed by atoms with E-state index in [1.807, 2.05) is 0 Å². The topological polar surface area (TPSA) is 0 Å². The molecule has 0 spiro atoms. The predicted octanol–water partition coefficient (Wildman–Crippen LogP) is 33.0. The van der Waals surface area contributed by atoms with E-state index in [9.17, 15) is 0 Å². The number of fused-ring (bicyclic) bond motifs is 2. The zero-order valence-electron chi connectivity index (χ0n) is 81.7. The summed E-state index contributed by atoms with van der Waals surface area (Å²) in [7, 11) is 0. The van der Waals surface area contributed by atoms with Gasteiger partial charge in [0.25, 0.3) is 0 Å². The molecule has 4 aliphatic rings. The first-order chi connectivity index (χ1) is 49.4. The maximum absolute atomic E-state index is 2.42. The maximum atomic E-state index is 2.42. The van der Waals surface area contributed by atoms with Crippen molar-refractivity contribution in [3.05, 3.63) is 167 Å². The van der Waals surface area contributed by atoms with Gasteiger partial charge in [-0.15, -0.1) is 0 Å². The van der Waals surface area contributed by atoms with Crippen LogP contribution in [0.3, 0.4) is 0 Å². The largest absolute Gasteiger partial charge is 0.0710 e. The van der Waals surface area contributed by atoms with Crippen molar-refractivity contribution >= 4 is 21.5 Å². The molecule has 610 valence electrons. The van der Waals surface area contributed by atoms with Gasteiger partial charge in [-0.25, -0.2) is 0 Å². The average molecular weight is 1480 g/mol. The van der Waals surface area contributed by atoms with Crippen LogP contribution in [0.25, 0.3) is 21.5 Å². The second-order valence-electron chi connectivity index (χ2n) is 39.1. The Balaban J connectivity index is 0.000000322. The summed E-state index contributed by atoms with van der Waals surface area (Å²) in [5, 5.41) is 5.93. The lowest BCUT2D eigenvalue weighted by atomic mass is 9.60. The molecule has 108 heavy (non-hydrogen) atoms. The van der Waals surface area contributed by atoms with E-state index in [2.05, 4.69) is 360 Å². The number of allylic oxidation sites excluding steroid dienone is 2. The Kier molecular flexibility index (Phi) is 35.8. The lowest BCUT2D eigenvalue weighted by Crippen LogP contribution is -2.39. The van der Waals surface area contributed by atoms with E-state index in [0.29, 0.717) is 0 Å². The number of rotatable bonds is 0. The molecule has 0 nitrogen and oxygen atoms in total. The van der Waals surface area contributed by atoms with Crippen molar-refractivity contribution < 1.29 is 0 Å². The summed E-state index contributed by atoms with van der Waals surface area (Å²) < 4.78 is 0. The van der Waals surface area contributed by atoms with Crippen LogP contribution in [0.4, 0.5) is 0 Å². The molecule has 3 fully saturated rings. The number of hydrogen-bond donors (Lipinski definition) is 0. The van der Waals surface area contributed by atoms with Gasteiger partial charge in [-0.2, -0.15) is 0 Å². The second kappa shape index (κ2) is 39.6. The Morgan fingerprint density at radius 1 is 0.0926 bits per heavy atom. The Hall–Kier alpha value is -4.42. The molecule has 0 amide bonds. The van der Waals surface area contributed by atoms with Crippen molar-refractivity contribution in [3.63, 3.8) is 0 Å². The Labute approximate surface area is 674 Å². The van der Waals surface area contributed by atoms with Gasteiger partial charge in [0, 0.05) is 0 Å². The van der Waals surface area contributed by atoms with Crippen LogP contribution in [0.5, 0.6) is 0 Å². The van der Waals surface area contributed by atoms with Crippen molar-refractivity contribution in [2.45, 2.75) is 360 Å². The van der Waals surface area contributed by atoms with Crippen LogP contribution in [0.1, 0.15) is 322 Å². The minimum absolute atomic E-state index is 0.788. The van der Waals surface area contributed by atoms with E-state index < -0.39 is 0 Å². The van der Waals surface area contributed by atoms with E-state index in [1.54, 1.807) is 11.1 Å². The molecule has 0 saturated heterocycles. The van der Waals surface area contributed by atoms with Gasteiger partial charge in [-0.3, -0.25) is 0 Å². The summed E-state index contributed by atoms with van der Waals surface area (Å²) in [5.41, 5.74) is 44.0. The first-order valence-corrected chi connectivity index (χ1v) is 44.0. The molecule has 4 atom stereocenters. The van der Waals surface area contributed by atoms with Crippen LogP contribution in [0.2, 0.25) is 0 Å². The fourth-order valence-corrected chi connectivity index (χ4v) is 20.8. The number of aryl methyl sites for hydroxylation is 8. The Bertz CT molecular complexity index is 3190. The van der Waals surface area contributed by atoms with Crippen molar-refractivity contribution in [1.82, 2.24) is 0 Å². The van der Waals surface area contributed by atoms with Gasteiger partial charge >= 0.3 is 0 Å². The van der Waals surface area contributed by atoms with E-state index in [-0.39, 0.29) is 0 Å². The smallest absolute Gasteiger partial charge is 0.0114 e. The molecule has 0 aromatic heterocycles. The Morgan fingerprint density at radius 3 is 0.231 bits per heavy atom. The molecule has 10 rings (SSSR count). The van der Waals surface area contributed by atoms with Gasteiger partial charge in [-0.1, -0.05) is 163 Å². The van der Waals surface area contributed by atoms with Crippen LogP contribution < -0.4 is 0 Å². The van der Waals surface area contributed by atoms with Crippen molar-refractivity contribution in [2.24, 2.45) is 130 Å². The number of hydrogen-bond acceptors (Lipinski definition) is 0. The summed E-state index contributed by atoms with van der Waals surface area (Å²) in [6.07, 6.45) is 0. The third-order valence-electron chi connectivity index (χ3n) is 36.3. The van der Waals surface area contributed by atoms with Gasteiger partial charge in [-0.05, 0) is 515 Å². The fourth-order valence-electron chi connectivity index (χ4n) is 20.8. The average Bonchev–Trinajstić information content (AvgIpc) is 0.744. The van der Waals surface area contributed by atoms with Crippen LogP contribution in [0, 0.1) is 324 Å². The molecule has 0 bridgehead atoms. The third-order valence-corrected chi connectivity index (χ3v) is 36.3. The summed E-state index contributed by atoms with van der Waals surface area (Å²) in [6.45, 7) is 120. The summed E-state index contributed by atoms with van der Waals surface area (Å²) in [4.78, 5) is 0. The van der Waals surface area contributed by atoms with E-state index in [4.69, 9.17) is 0 Å². The van der Waals surface area contributed by atoms with Gasteiger partial charge in [0.15, 0.2) is 0 Å². The molecule has 4 aliphatic carbocycles. The zero-order chi connectivity index (χ0) is 84.3. The molecular weight excluding hydrogens is 1300 g/mol. The van der Waals surface area contributed by atoms with Crippen LogP contribution in [-0.2, 0) is 0 Å². The lowest BCUT2D eigenvalue weighted by molar-refractivity contribution is 0.0302. The first-order valence-electron chi connectivity index (χ1n) is 44.0. The molecule has 0 radical (unpaired) electrons. The molecular formula is C108H178. The molecule has 0 aliphatic heterocycles. The standard InChI is InChI=1S/2C18H24.3C12H24.C12H22.2C12H18/c2*1-9-10(2)14(6)18-16(8)12(4)11(3)15(7)17(18)13(9)5;6*1-7-8(2)10(4)12(6)11(5)9(7)3/h2*1-8H3;3*7-12H,1-6H3;7-10H,1-6H3;2*1-6H3. The molecule has 4 unspecified atom stereocenters. The van der Waals surface area contributed by atoms with Crippen LogP contribution in [-0.4, -0.2) is 0 Å². The molecule has 0 N–H and O–H groups in total. The predicted molar refractivity (Wildman–Crippen MR) is 493 cm³/mol. The van der Waals surface area contributed by atoms with Crippen molar-refractivity contribution in [3.8, 4) is 0 Å². The zero-order valence-corrected chi connectivity index (χ0v) is 81.7. The first kappa shape index (κ1) is 97.8. The van der Waals surface area contributed by atoms with Gasteiger partial charge in [0.1, 0.15) is 0 Å². The minimum Gasteiger partial charge on any atom is -0.0710 e. The van der Waals surface area contributed by atoms with Gasteiger partial charge in [0.05, 0.1) is 0 Å². The summed E-state index contributed by atoms with van der Waals surface area (Å²) in [5.74, 6) is 19.6. The highest BCUT2D eigenvalue weighted by molar-refractivity contribution is 5.98. The fraction of sp³-hybridized carbons (Fsp3) is 0.685. The van der Waals surface area contributed by atoms with E-state index >= 15 is 0 Å². The van der Waals surface area contributed by atoms with Gasteiger partial charge in [0.2, 0.25) is 0 Å². The normalized spacial score (nSPS) is 29.4. The molecule has 0 heterocycles. The van der Waals surface area contributed by atoms with Crippen LogP contribution in [0.15, 0.2) is 11.1 Å².